The number of rotatable bonds is 5. The van der Waals surface area contributed by atoms with Crippen molar-refractivity contribution in [2.24, 2.45) is 5.73 Å². The molecule has 0 heterocycles. The monoisotopic (exact) mass is 300 g/mol. The third-order valence-corrected chi connectivity index (χ3v) is 5.52. The number of hydrogen-bond donors (Lipinski definition) is 2. The number of halogens is 1. The molecule has 0 atom stereocenters. The van der Waals surface area contributed by atoms with E-state index in [4.69, 9.17) is 29.6 Å². The quantitative estimate of drug-likeness (QED) is 0.814. The molecule has 5 heteroatoms. The summed E-state index contributed by atoms with van der Waals surface area (Å²) in [6.45, 7) is 0.959. The van der Waals surface area contributed by atoms with Crippen LogP contribution in [-0.2, 0) is 0 Å². The molecule has 1 aliphatic rings. The van der Waals surface area contributed by atoms with Gasteiger partial charge in [-0.2, -0.15) is 11.8 Å². The van der Waals surface area contributed by atoms with Crippen molar-refractivity contribution >= 4 is 46.3 Å². The van der Waals surface area contributed by atoms with Gasteiger partial charge in [-0.15, -0.1) is 0 Å². The van der Waals surface area contributed by atoms with E-state index in [2.05, 4.69) is 11.6 Å². The molecular formula is C13H17ClN2S2. The number of thiocarbonyl (C=S) groups is 1. The zero-order valence-electron chi connectivity index (χ0n) is 10.3. The van der Waals surface area contributed by atoms with Gasteiger partial charge >= 0.3 is 0 Å². The summed E-state index contributed by atoms with van der Waals surface area (Å²) in [5.74, 6) is 0. The van der Waals surface area contributed by atoms with Crippen LogP contribution < -0.4 is 11.1 Å². The largest absolute Gasteiger partial charge is 0.389 e. The van der Waals surface area contributed by atoms with Crippen LogP contribution in [0.15, 0.2) is 18.2 Å². The van der Waals surface area contributed by atoms with Crippen molar-refractivity contribution in [2.75, 3.05) is 18.1 Å². The molecule has 1 saturated carbocycles. The fraction of sp³-hybridized carbons (Fsp3) is 0.462. The molecule has 1 aliphatic carbocycles. The van der Waals surface area contributed by atoms with Crippen molar-refractivity contribution in [3.63, 3.8) is 0 Å². The first-order valence-corrected chi connectivity index (χ1v) is 7.96. The molecule has 98 valence electrons. The Balaban J connectivity index is 2.03. The van der Waals surface area contributed by atoms with E-state index in [1.165, 1.54) is 19.3 Å². The highest BCUT2D eigenvalue weighted by atomic mass is 35.5. The zero-order valence-corrected chi connectivity index (χ0v) is 12.7. The topological polar surface area (TPSA) is 38.0 Å². The van der Waals surface area contributed by atoms with Gasteiger partial charge in [0, 0.05) is 16.9 Å². The van der Waals surface area contributed by atoms with Gasteiger partial charge in [-0.3, -0.25) is 0 Å². The Kier molecular flexibility index (Phi) is 4.41. The van der Waals surface area contributed by atoms with E-state index >= 15 is 0 Å². The maximum atomic E-state index is 6.22. The van der Waals surface area contributed by atoms with Gasteiger partial charge < -0.3 is 11.1 Å². The third kappa shape index (κ3) is 2.92. The van der Waals surface area contributed by atoms with E-state index in [1.807, 2.05) is 30.0 Å². The summed E-state index contributed by atoms with van der Waals surface area (Å²) in [7, 11) is 0. The summed E-state index contributed by atoms with van der Waals surface area (Å²) in [4.78, 5) is 0.378. The molecule has 0 radical (unpaired) electrons. The van der Waals surface area contributed by atoms with Crippen LogP contribution in [0, 0.1) is 0 Å². The van der Waals surface area contributed by atoms with E-state index in [-0.39, 0.29) is 0 Å². The lowest BCUT2D eigenvalue weighted by atomic mass is 9.84. The first kappa shape index (κ1) is 14.0. The molecule has 0 saturated heterocycles. The third-order valence-electron chi connectivity index (χ3n) is 3.55. The van der Waals surface area contributed by atoms with Crippen molar-refractivity contribution in [1.29, 1.82) is 0 Å². The number of nitrogens with one attached hydrogen (secondary N) is 1. The average molecular weight is 301 g/mol. The lowest BCUT2D eigenvalue weighted by Gasteiger charge is -2.40. The second-order valence-electron chi connectivity index (χ2n) is 4.65. The molecule has 1 fully saturated rings. The Labute approximate surface area is 123 Å². The van der Waals surface area contributed by atoms with E-state index in [1.54, 1.807) is 0 Å². The van der Waals surface area contributed by atoms with Crippen LogP contribution in [-0.4, -0.2) is 22.5 Å². The van der Waals surface area contributed by atoms with Crippen LogP contribution in [0.2, 0.25) is 5.02 Å². The summed E-state index contributed by atoms with van der Waals surface area (Å²) in [5, 5.41) is 4.11. The number of hydrogen-bond acceptors (Lipinski definition) is 3. The van der Waals surface area contributed by atoms with E-state index in [0.29, 0.717) is 14.8 Å². The number of nitrogens with two attached hydrogens (primary N) is 1. The second kappa shape index (κ2) is 5.68. The molecule has 0 spiro atoms. The molecule has 1 aromatic carbocycles. The second-order valence-corrected chi connectivity index (χ2v) is 6.77. The minimum Gasteiger partial charge on any atom is -0.389 e. The molecule has 0 aromatic heterocycles. The lowest BCUT2D eigenvalue weighted by Crippen LogP contribution is -2.40. The molecule has 0 bridgehead atoms. The van der Waals surface area contributed by atoms with E-state index < -0.39 is 0 Å². The summed E-state index contributed by atoms with van der Waals surface area (Å²) >= 11 is 13.1. The molecule has 18 heavy (non-hydrogen) atoms. The molecular weight excluding hydrogens is 284 g/mol. The van der Waals surface area contributed by atoms with Crippen molar-refractivity contribution in [2.45, 2.75) is 24.0 Å². The molecule has 1 aromatic rings. The Morgan fingerprint density at radius 3 is 2.72 bits per heavy atom. The van der Waals surface area contributed by atoms with Crippen molar-refractivity contribution in [3.8, 4) is 0 Å². The minimum absolute atomic E-state index is 0.378. The minimum atomic E-state index is 0.378. The maximum absolute atomic E-state index is 6.22. The van der Waals surface area contributed by atoms with Gasteiger partial charge in [0.1, 0.15) is 4.99 Å². The summed E-state index contributed by atoms with van der Waals surface area (Å²) in [5.41, 5.74) is 7.34. The molecule has 0 unspecified atom stereocenters. The summed E-state index contributed by atoms with van der Waals surface area (Å²) < 4.78 is 0.394. The van der Waals surface area contributed by atoms with Gasteiger partial charge in [0.2, 0.25) is 0 Å². The van der Waals surface area contributed by atoms with Gasteiger partial charge in [-0.05, 0) is 37.3 Å². The SMILES string of the molecule is CSC1(CNc2ccc(C(N)=S)cc2Cl)CCC1. The van der Waals surface area contributed by atoms with Crippen molar-refractivity contribution in [3.05, 3.63) is 28.8 Å². The highest BCUT2D eigenvalue weighted by molar-refractivity contribution is 8.00. The fourth-order valence-corrected chi connectivity index (χ4v) is 3.38. The molecule has 3 N–H and O–H groups in total. The molecule has 2 nitrogen and oxygen atoms in total. The highest BCUT2D eigenvalue weighted by Gasteiger charge is 2.35. The van der Waals surface area contributed by atoms with Gasteiger partial charge in [0.25, 0.3) is 0 Å². The van der Waals surface area contributed by atoms with Crippen LogP contribution in [0.3, 0.4) is 0 Å². The normalized spacial score (nSPS) is 17.0. The fourth-order valence-electron chi connectivity index (χ4n) is 2.09. The van der Waals surface area contributed by atoms with Crippen LogP contribution in [0.4, 0.5) is 5.69 Å². The van der Waals surface area contributed by atoms with E-state index in [0.717, 1.165) is 17.8 Å². The van der Waals surface area contributed by atoms with Crippen LogP contribution in [0.5, 0.6) is 0 Å². The first-order chi connectivity index (χ1) is 8.56. The Morgan fingerprint density at radius 1 is 1.56 bits per heavy atom. The van der Waals surface area contributed by atoms with Crippen molar-refractivity contribution in [1.82, 2.24) is 0 Å². The Morgan fingerprint density at radius 2 is 2.28 bits per heavy atom. The van der Waals surface area contributed by atoms with Crippen molar-refractivity contribution < 1.29 is 0 Å². The summed E-state index contributed by atoms with van der Waals surface area (Å²) in [6.07, 6.45) is 6.07. The van der Waals surface area contributed by atoms with Gasteiger partial charge in [0.05, 0.1) is 10.7 Å². The van der Waals surface area contributed by atoms with Crippen LogP contribution >= 0.6 is 35.6 Å². The van der Waals surface area contributed by atoms with E-state index in [9.17, 15) is 0 Å². The highest BCUT2D eigenvalue weighted by Crippen LogP contribution is 2.43. The maximum Gasteiger partial charge on any atom is 0.104 e. The molecule has 0 aliphatic heterocycles. The standard InChI is InChI=1S/C13H17ClN2S2/c1-18-13(5-2-6-13)8-16-11-4-3-9(12(15)17)7-10(11)14/h3-4,7,16H,2,5-6,8H2,1H3,(H2,15,17). The number of benzene rings is 1. The lowest BCUT2D eigenvalue weighted by molar-refractivity contribution is 0.380. The Bertz CT molecular complexity index is 453. The predicted octanol–water partition coefficient (Wildman–Crippen LogP) is 3.67. The predicted molar refractivity (Wildman–Crippen MR) is 85.9 cm³/mol. The van der Waals surface area contributed by atoms with Gasteiger partial charge in [-0.1, -0.05) is 30.2 Å². The summed E-state index contributed by atoms with van der Waals surface area (Å²) in [6, 6.07) is 5.67. The average Bonchev–Trinajstić information content (AvgIpc) is 2.29. The van der Waals surface area contributed by atoms with Crippen LogP contribution in [0.25, 0.3) is 0 Å². The Hall–Kier alpha value is -0.450. The number of thioether (sulfide) groups is 1. The zero-order chi connectivity index (χ0) is 13.2. The van der Waals surface area contributed by atoms with Crippen LogP contribution in [0.1, 0.15) is 24.8 Å². The number of anilines is 1. The molecule has 2 rings (SSSR count). The molecule has 0 amide bonds. The van der Waals surface area contributed by atoms with Gasteiger partial charge in [0.15, 0.2) is 0 Å². The van der Waals surface area contributed by atoms with Gasteiger partial charge in [-0.25, -0.2) is 0 Å². The first-order valence-electron chi connectivity index (χ1n) is 5.95. The smallest absolute Gasteiger partial charge is 0.104 e.